The number of aromatic nitrogens is 1. The van der Waals surface area contributed by atoms with Crippen molar-refractivity contribution in [1.82, 2.24) is 10.3 Å². The van der Waals surface area contributed by atoms with Crippen molar-refractivity contribution in [1.29, 1.82) is 0 Å². The topological polar surface area (TPSA) is 71.1 Å². The van der Waals surface area contributed by atoms with E-state index in [9.17, 15) is 18.4 Å². The highest BCUT2D eigenvalue weighted by Crippen LogP contribution is 2.38. The highest BCUT2D eigenvalue weighted by Gasteiger charge is 2.21. The number of carbonyl (C=O) groups is 2. The summed E-state index contributed by atoms with van der Waals surface area (Å²) in [5, 5.41) is 5.61. The van der Waals surface area contributed by atoms with E-state index in [1.165, 1.54) is 17.8 Å². The zero-order valence-electron chi connectivity index (χ0n) is 15.4. The van der Waals surface area contributed by atoms with Gasteiger partial charge in [-0.25, -0.2) is 13.8 Å². The van der Waals surface area contributed by atoms with Gasteiger partial charge in [-0.15, -0.1) is 0 Å². The molecule has 0 atom stereocenters. The molecule has 150 valence electrons. The number of carbonyl (C=O) groups excluding carboxylic acids is 2. The van der Waals surface area contributed by atoms with Crippen LogP contribution < -0.4 is 10.6 Å². The van der Waals surface area contributed by atoms with E-state index < -0.39 is 23.1 Å². The zero-order valence-corrected chi connectivity index (χ0v) is 17.0. The highest BCUT2D eigenvalue weighted by molar-refractivity contribution is 8.01. The second-order valence-electron chi connectivity index (χ2n) is 5.82. The van der Waals surface area contributed by atoms with Gasteiger partial charge in [-0.3, -0.25) is 9.59 Å². The van der Waals surface area contributed by atoms with Gasteiger partial charge in [-0.2, -0.15) is 0 Å². The molecule has 0 saturated heterocycles. The van der Waals surface area contributed by atoms with Crippen molar-refractivity contribution in [3.63, 3.8) is 0 Å². The molecule has 3 rings (SSSR count). The fourth-order valence-corrected chi connectivity index (χ4v) is 4.38. The van der Waals surface area contributed by atoms with E-state index in [0.29, 0.717) is 21.6 Å². The van der Waals surface area contributed by atoms with Gasteiger partial charge in [0.05, 0.1) is 5.75 Å². The maximum Gasteiger partial charge on any atom is 0.262 e. The highest BCUT2D eigenvalue weighted by atomic mass is 32.2. The zero-order chi connectivity index (χ0) is 20.8. The van der Waals surface area contributed by atoms with E-state index in [1.807, 2.05) is 37.3 Å². The number of nitrogens with one attached hydrogen (secondary N) is 2. The molecule has 1 heterocycles. The Kier molecular flexibility index (Phi) is 6.95. The van der Waals surface area contributed by atoms with E-state index >= 15 is 0 Å². The average molecular weight is 434 g/mol. The molecule has 0 aliphatic heterocycles. The van der Waals surface area contributed by atoms with Gasteiger partial charge in [0.25, 0.3) is 5.91 Å². The number of benzene rings is 2. The van der Waals surface area contributed by atoms with Crippen molar-refractivity contribution < 1.29 is 18.4 Å². The summed E-state index contributed by atoms with van der Waals surface area (Å²) in [6.45, 7) is 2.36. The van der Waals surface area contributed by atoms with E-state index in [-0.39, 0.29) is 11.7 Å². The van der Waals surface area contributed by atoms with E-state index in [0.717, 1.165) is 29.0 Å². The summed E-state index contributed by atoms with van der Waals surface area (Å²) >= 11 is 2.37. The molecule has 0 radical (unpaired) electrons. The summed E-state index contributed by atoms with van der Waals surface area (Å²) in [4.78, 5) is 28.7. The molecule has 0 aliphatic carbocycles. The minimum atomic E-state index is -0.945. The summed E-state index contributed by atoms with van der Waals surface area (Å²) in [5.74, 6) is -2.75. The SMILES string of the molecule is CCNC(=O)CSc1nc(-c2ccccc2)c(NC(=O)c2c(F)cccc2F)s1. The Morgan fingerprint density at radius 3 is 2.41 bits per heavy atom. The van der Waals surface area contributed by atoms with Crippen LogP contribution in [0.2, 0.25) is 0 Å². The largest absolute Gasteiger partial charge is 0.356 e. The van der Waals surface area contributed by atoms with Crippen LogP contribution in [0.15, 0.2) is 52.9 Å². The lowest BCUT2D eigenvalue weighted by Gasteiger charge is -2.07. The lowest BCUT2D eigenvalue weighted by Crippen LogP contribution is -2.24. The first-order chi connectivity index (χ1) is 14.0. The van der Waals surface area contributed by atoms with Crippen LogP contribution in [0.3, 0.4) is 0 Å². The summed E-state index contributed by atoms with van der Waals surface area (Å²) in [6, 6.07) is 12.3. The molecular formula is C20H17F2N3O2S2. The standard InChI is InChI=1S/C20H17F2N3O2S2/c1-2-23-15(26)11-28-20-24-17(12-7-4-3-5-8-12)19(29-20)25-18(27)16-13(21)9-6-10-14(16)22/h3-10H,2,11H2,1H3,(H,23,26)(H,25,27). The Hall–Kier alpha value is -2.78. The first-order valence-corrected chi connectivity index (χ1v) is 10.5. The van der Waals surface area contributed by atoms with Crippen LogP contribution >= 0.6 is 23.1 Å². The Bertz CT molecular complexity index is 1010. The molecular weight excluding hydrogens is 416 g/mol. The maximum atomic E-state index is 14.0. The molecule has 0 aliphatic rings. The van der Waals surface area contributed by atoms with Crippen LogP contribution in [0.4, 0.5) is 13.8 Å². The Labute approximate surface area is 174 Å². The molecule has 29 heavy (non-hydrogen) atoms. The third-order valence-electron chi connectivity index (χ3n) is 3.77. The summed E-state index contributed by atoms with van der Waals surface area (Å²) in [7, 11) is 0. The second-order valence-corrected chi connectivity index (χ2v) is 8.04. The molecule has 9 heteroatoms. The predicted molar refractivity (Wildman–Crippen MR) is 111 cm³/mol. The predicted octanol–water partition coefficient (Wildman–Crippen LogP) is 4.57. The van der Waals surface area contributed by atoms with Crippen LogP contribution in [0.1, 0.15) is 17.3 Å². The third-order valence-corrected chi connectivity index (χ3v) is 5.89. The Morgan fingerprint density at radius 2 is 1.76 bits per heavy atom. The van der Waals surface area contributed by atoms with Gasteiger partial charge in [-0.05, 0) is 19.1 Å². The number of nitrogens with zero attached hydrogens (tertiary/aromatic N) is 1. The van der Waals surface area contributed by atoms with E-state index in [1.54, 1.807) is 0 Å². The quantitative estimate of drug-likeness (QED) is 0.536. The number of hydrogen-bond donors (Lipinski definition) is 2. The monoisotopic (exact) mass is 433 g/mol. The molecule has 1 aromatic heterocycles. The number of amides is 2. The van der Waals surface area contributed by atoms with Crippen LogP contribution in [0, 0.1) is 11.6 Å². The number of halogens is 2. The molecule has 0 bridgehead atoms. The van der Waals surface area contributed by atoms with Crippen molar-refractivity contribution in [2.45, 2.75) is 11.3 Å². The smallest absolute Gasteiger partial charge is 0.262 e. The second kappa shape index (κ2) is 9.62. The summed E-state index contributed by atoms with van der Waals surface area (Å²) in [5.41, 5.74) is 0.549. The molecule has 3 aromatic rings. The van der Waals surface area contributed by atoms with Crippen molar-refractivity contribution in [2.24, 2.45) is 0 Å². The first kappa shape index (κ1) is 20.9. The van der Waals surface area contributed by atoms with E-state index in [4.69, 9.17) is 0 Å². The van der Waals surface area contributed by atoms with Gasteiger partial charge in [0.1, 0.15) is 27.9 Å². The molecule has 5 nitrogen and oxygen atoms in total. The fourth-order valence-electron chi connectivity index (χ4n) is 2.49. The molecule has 0 fully saturated rings. The van der Waals surface area contributed by atoms with Crippen LogP contribution in [-0.2, 0) is 4.79 Å². The van der Waals surface area contributed by atoms with Gasteiger partial charge in [0.2, 0.25) is 5.91 Å². The molecule has 0 saturated carbocycles. The lowest BCUT2D eigenvalue weighted by molar-refractivity contribution is -0.118. The Balaban J connectivity index is 1.89. The number of anilines is 1. The van der Waals surface area contributed by atoms with Crippen molar-refractivity contribution in [3.8, 4) is 11.3 Å². The van der Waals surface area contributed by atoms with Crippen LogP contribution in [0.25, 0.3) is 11.3 Å². The normalized spacial score (nSPS) is 10.6. The number of rotatable bonds is 7. The summed E-state index contributed by atoms with van der Waals surface area (Å²) < 4.78 is 28.5. The van der Waals surface area contributed by atoms with Crippen molar-refractivity contribution in [3.05, 3.63) is 65.7 Å². The third kappa shape index (κ3) is 5.18. The van der Waals surface area contributed by atoms with Gasteiger partial charge in [0.15, 0.2) is 4.34 Å². The lowest BCUT2D eigenvalue weighted by atomic mass is 10.1. The van der Waals surface area contributed by atoms with Crippen LogP contribution in [0.5, 0.6) is 0 Å². The minimum absolute atomic E-state index is 0.132. The number of thioether (sulfide) groups is 1. The molecule has 0 unspecified atom stereocenters. The van der Waals surface area contributed by atoms with E-state index in [2.05, 4.69) is 15.6 Å². The average Bonchev–Trinajstić information content (AvgIpc) is 3.10. The molecule has 2 N–H and O–H groups in total. The van der Waals surface area contributed by atoms with Crippen molar-refractivity contribution in [2.75, 3.05) is 17.6 Å². The molecule has 0 spiro atoms. The van der Waals surface area contributed by atoms with Gasteiger partial charge in [-0.1, -0.05) is 59.5 Å². The first-order valence-electron chi connectivity index (χ1n) is 8.70. The summed E-state index contributed by atoms with van der Waals surface area (Å²) in [6.07, 6.45) is 0. The minimum Gasteiger partial charge on any atom is -0.356 e. The Morgan fingerprint density at radius 1 is 1.07 bits per heavy atom. The number of thiazole rings is 1. The van der Waals surface area contributed by atoms with Gasteiger partial charge >= 0.3 is 0 Å². The number of hydrogen-bond acceptors (Lipinski definition) is 5. The van der Waals surface area contributed by atoms with Gasteiger partial charge in [0, 0.05) is 12.1 Å². The molecule has 2 aromatic carbocycles. The van der Waals surface area contributed by atoms with Crippen LogP contribution in [-0.4, -0.2) is 29.1 Å². The fraction of sp³-hybridized carbons (Fsp3) is 0.150. The molecule has 2 amide bonds. The van der Waals surface area contributed by atoms with Crippen molar-refractivity contribution >= 4 is 39.9 Å². The maximum absolute atomic E-state index is 14.0. The van der Waals surface area contributed by atoms with Gasteiger partial charge < -0.3 is 10.6 Å².